The van der Waals surface area contributed by atoms with E-state index in [-0.39, 0.29) is 0 Å². The largest absolute Gasteiger partial charge is 0.329 e. The molecule has 0 aromatic heterocycles. The molecule has 1 rings (SSSR count). The molecule has 0 spiro atoms. The molecular formula is C16H34N2. The summed E-state index contributed by atoms with van der Waals surface area (Å²) in [5.74, 6) is 0.898. The molecule has 0 bridgehead atoms. The molecule has 1 aliphatic rings. The molecule has 0 atom stereocenters. The summed E-state index contributed by atoms with van der Waals surface area (Å²) in [4.78, 5) is 2.72. The van der Waals surface area contributed by atoms with Crippen LogP contribution in [0.15, 0.2) is 0 Å². The van der Waals surface area contributed by atoms with Crippen molar-refractivity contribution in [2.75, 3.05) is 13.1 Å². The molecule has 1 aliphatic carbocycles. The monoisotopic (exact) mass is 254 g/mol. The molecule has 0 saturated heterocycles. The zero-order valence-corrected chi connectivity index (χ0v) is 13.0. The summed E-state index contributed by atoms with van der Waals surface area (Å²) in [6.07, 6.45) is 9.29. The van der Waals surface area contributed by atoms with Crippen LogP contribution in [0.1, 0.15) is 72.6 Å². The van der Waals surface area contributed by atoms with E-state index < -0.39 is 0 Å². The van der Waals surface area contributed by atoms with Crippen LogP contribution in [0.4, 0.5) is 0 Å². The lowest BCUT2D eigenvalue weighted by atomic mass is 9.75. The molecule has 2 heteroatoms. The van der Waals surface area contributed by atoms with E-state index in [1.165, 1.54) is 51.5 Å². The predicted molar refractivity (Wildman–Crippen MR) is 80.8 cm³/mol. The first-order chi connectivity index (χ1) is 8.55. The van der Waals surface area contributed by atoms with Gasteiger partial charge >= 0.3 is 0 Å². The van der Waals surface area contributed by atoms with Crippen molar-refractivity contribution < 1.29 is 0 Å². The molecule has 1 saturated carbocycles. The summed E-state index contributed by atoms with van der Waals surface area (Å²) in [7, 11) is 0. The molecule has 1 fully saturated rings. The third-order valence-electron chi connectivity index (χ3n) is 4.82. The van der Waals surface area contributed by atoms with E-state index in [4.69, 9.17) is 5.73 Å². The molecule has 0 radical (unpaired) electrons. The van der Waals surface area contributed by atoms with Crippen LogP contribution < -0.4 is 5.73 Å². The third-order valence-corrected chi connectivity index (χ3v) is 4.82. The minimum atomic E-state index is 0.300. The van der Waals surface area contributed by atoms with Crippen molar-refractivity contribution in [1.29, 1.82) is 0 Å². The maximum absolute atomic E-state index is 6.18. The smallest absolute Gasteiger partial charge is 0.0334 e. The van der Waals surface area contributed by atoms with Crippen LogP contribution >= 0.6 is 0 Å². The Labute approximate surface area is 114 Å². The van der Waals surface area contributed by atoms with Gasteiger partial charge < -0.3 is 5.73 Å². The van der Waals surface area contributed by atoms with Crippen LogP contribution in [0, 0.1) is 5.92 Å². The predicted octanol–water partition coefficient (Wildman–Crippen LogP) is 3.79. The number of nitrogens with zero attached hydrogens (tertiary/aromatic N) is 1. The van der Waals surface area contributed by atoms with E-state index in [2.05, 4.69) is 32.6 Å². The molecule has 0 heterocycles. The number of nitrogens with two attached hydrogens (primary N) is 1. The first kappa shape index (κ1) is 16.0. The Morgan fingerprint density at radius 3 is 2.28 bits per heavy atom. The highest BCUT2D eigenvalue weighted by molar-refractivity contribution is 4.96. The molecule has 0 unspecified atom stereocenters. The van der Waals surface area contributed by atoms with Gasteiger partial charge in [-0.05, 0) is 58.4 Å². The van der Waals surface area contributed by atoms with Gasteiger partial charge in [0, 0.05) is 18.1 Å². The van der Waals surface area contributed by atoms with Gasteiger partial charge in [0.25, 0.3) is 0 Å². The molecule has 2 nitrogen and oxygen atoms in total. The lowest BCUT2D eigenvalue weighted by molar-refractivity contribution is 0.0185. The molecule has 0 aromatic rings. The third kappa shape index (κ3) is 3.96. The molecule has 0 aromatic carbocycles. The first-order valence-corrected chi connectivity index (χ1v) is 8.02. The van der Waals surface area contributed by atoms with Gasteiger partial charge in [0.05, 0.1) is 0 Å². The number of hydrogen-bond acceptors (Lipinski definition) is 2. The van der Waals surface area contributed by atoms with Crippen molar-refractivity contribution >= 4 is 0 Å². The van der Waals surface area contributed by atoms with Gasteiger partial charge in [0.1, 0.15) is 0 Å². The molecule has 0 aliphatic heterocycles. The summed E-state index contributed by atoms with van der Waals surface area (Å²) in [6, 6.07) is 0.624. The Kier molecular flexibility index (Phi) is 6.65. The Hall–Kier alpha value is -0.0800. The molecule has 2 N–H and O–H groups in total. The van der Waals surface area contributed by atoms with Crippen molar-refractivity contribution in [1.82, 2.24) is 4.90 Å². The van der Waals surface area contributed by atoms with E-state index in [0.717, 1.165) is 12.5 Å². The highest BCUT2D eigenvalue weighted by Crippen LogP contribution is 2.37. The topological polar surface area (TPSA) is 29.3 Å². The first-order valence-electron chi connectivity index (χ1n) is 8.02. The second-order valence-corrected chi connectivity index (χ2v) is 6.61. The van der Waals surface area contributed by atoms with E-state index in [0.29, 0.717) is 11.6 Å². The van der Waals surface area contributed by atoms with Crippen molar-refractivity contribution in [3.63, 3.8) is 0 Å². The van der Waals surface area contributed by atoms with Gasteiger partial charge in [0.15, 0.2) is 0 Å². The van der Waals surface area contributed by atoms with E-state index >= 15 is 0 Å². The fraction of sp³-hybridized carbons (Fsp3) is 1.00. The highest BCUT2D eigenvalue weighted by atomic mass is 15.2. The second-order valence-electron chi connectivity index (χ2n) is 6.61. The van der Waals surface area contributed by atoms with Crippen molar-refractivity contribution in [2.24, 2.45) is 11.7 Å². The van der Waals surface area contributed by atoms with Crippen molar-refractivity contribution in [3.8, 4) is 0 Å². The van der Waals surface area contributed by atoms with Crippen LogP contribution in [0.5, 0.6) is 0 Å². The van der Waals surface area contributed by atoms with Gasteiger partial charge in [0.2, 0.25) is 0 Å². The minimum absolute atomic E-state index is 0.300. The zero-order valence-electron chi connectivity index (χ0n) is 13.0. The standard InChI is InChI=1S/C16H34N2/c1-5-6-7-12-18(14(2)3)16(13-17)10-8-15(4)9-11-16/h14-15H,5-13,17H2,1-4H3. The summed E-state index contributed by atoms with van der Waals surface area (Å²) in [5, 5.41) is 0. The fourth-order valence-electron chi connectivity index (χ4n) is 3.48. The van der Waals surface area contributed by atoms with Gasteiger partial charge in [-0.2, -0.15) is 0 Å². The fourth-order valence-corrected chi connectivity index (χ4v) is 3.48. The number of rotatable bonds is 7. The second kappa shape index (κ2) is 7.49. The Morgan fingerprint density at radius 2 is 1.83 bits per heavy atom. The SMILES string of the molecule is CCCCCN(C(C)C)C1(CN)CCC(C)CC1. The molecule has 108 valence electrons. The number of hydrogen-bond donors (Lipinski definition) is 1. The molecule has 18 heavy (non-hydrogen) atoms. The summed E-state index contributed by atoms with van der Waals surface area (Å²) < 4.78 is 0. The Morgan fingerprint density at radius 1 is 1.22 bits per heavy atom. The Balaban J connectivity index is 2.67. The average Bonchev–Trinajstić information content (AvgIpc) is 2.36. The average molecular weight is 254 g/mol. The summed E-state index contributed by atoms with van der Waals surface area (Å²) in [5.41, 5.74) is 6.48. The van der Waals surface area contributed by atoms with Gasteiger partial charge in [-0.3, -0.25) is 4.90 Å². The van der Waals surface area contributed by atoms with Crippen LogP contribution in [-0.4, -0.2) is 29.6 Å². The lowest BCUT2D eigenvalue weighted by Gasteiger charge is -2.49. The van der Waals surface area contributed by atoms with Crippen LogP contribution in [0.3, 0.4) is 0 Å². The maximum Gasteiger partial charge on any atom is 0.0334 e. The van der Waals surface area contributed by atoms with Crippen LogP contribution in [0.2, 0.25) is 0 Å². The highest BCUT2D eigenvalue weighted by Gasteiger charge is 2.39. The van der Waals surface area contributed by atoms with Crippen LogP contribution in [-0.2, 0) is 0 Å². The van der Waals surface area contributed by atoms with Crippen LogP contribution in [0.25, 0.3) is 0 Å². The van der Waals surface area contributed by atoms with E-state index in [1.54, 1.807) is 0 Å². The van der Waals surface area contributed by atoms with Crippen molar-refractivity contribution in [3.05, 3.63) is 0 Å². The number of unbranched alkanes of at least 4 members (excludes halogenated alkanes) is 2. The van der Waals surface area contributed by atoms with Gasteiger partial charge in [-0.1, -0.05) is 26.7 Å². The van der Waals surface area contributed by atoms with Crippen molar-refractivity contribution in [2.45, 2.75) is 84.2 Å². The zero-order chi connectivity index (χ0) is 13.6. The quantitative estimate of drug-likeness (QED) is 0.700. The summed E-state index contributed by atoms with van der Waals surface area (Å²) in [6.45, 7) is 11.4. The van der Waals surface area contributed by atoms with E-state index in [9.17, 15) is 0 Å². The van der Waals surface area contributed by atoms with E-state index in [1.807, 2.05) is 0 Å². The normalized spacial score (nSPS) is 29.2. The maximum atomic E-state index is 6.18. The van der Waals surface area contributed by atoms with Gasteiger partial charge in [-0.25, -0.2) is 0 Å². The minimum Gasteiger partial charge on any atom is -0.329 e. The molecular weight excluding hydrogens is 220 g/mol. The molecule has 0 amide bonds. The Bertz CT molecular complexity index is 217. The summed E-state index contributed by atoms with van der Waals surface area (Å²) >= 11 is 0. The van der Waals surface area contributed by atoms with Gasteiger partial charge in [-0.15, -0.1) is 0 Å². The lowest BCUT2D eigenvalue weighted by Crippen LogP contribution is -2.58.